The van der Waals surface area contributed by atoms with Crippen LogP contribution in [0.3, 0.4) is 0 Å². The smallest absolute Gasteiger partial charge is 0.210 e. The Morgan fingerprint density at radius 2 is 2.00 bits per heavy atom. The Kier molecular flexibility index (Phi) is 5.45. The fourth-order valence-electron chi connectivity index (χ4n) is 2.79. The lowest BCUT2D eigenvalue weighted by Crippen LogP contribution is -2.11. The van der Waals surface area contributed by atoms with Crippen molar-refractivity contribution < 1.29 is 13.9 Å². The third-order valence-electron chi connectivity index (χ3n) is 4.30. The summed E-state index contributed by atoms with van der Waals surface area (Å²) in [5.74, 6) is 9.48. The number of benzene rings is 1. The number of aryl methyl sites for hydroxylation is 1. The van der Waals surface area contributed by atoms with Gasteiger partial charge in [-0.05, 0) is 31.2 Å². The molecule has 0 saturated heterocycles. The van der Waals surface area contributed by atoms with Gasteiger partial charge in [-0.15, -0.1) is 21.5 Å². The van der Waals surface area contributed by atoms with E-state index in [2.05, 4.69) is 10.2 Å². The molecule has 0 atom stereocenters. The number of nitrogen functional groups attached to an aromatic ring is 1. The third kappa shape index (κ3) is 3.81. The Bertz CT molecular complexity index is 1130. The number of ether oxygens (including phenoxy) is 2. The maximum Gasteiger partial charge on any atom is 0.210 e. The lowest BCUT2D eigenvalue weighted by Gasteiger charge is -2.08. The minimum atomic E-state index is 0.572. The van der Waals surface area contributed by atoms with Crippen molar-refractivity contribution in [1.29, 1.82) is 0 Å². The molecule has 0 aliphatic rings. The molecule has 0 radical (unpaired) electrons. The first-order chi connectivity index (χ1) is 14.1. The van der Waals surface area contributed by atoms with Gasteiger partial charge in [0.25, 0.3) is 0 Å². The molecule has 0 aliphatic heterocycles. The van der Waals surface area contributed by atoms with Crippen molar-refractivity contribution in [2.45, 2.75) is 17.8 Å². The molecule has 10 heteroatoms. The van der Waals surface area contributed by atoms with E-state index in [1.165, 1.54) is 16.4 Å². The molecule has 3 aromatic heterocycles. The number of thioether (sulfide) groups is 1. The maximum atomic E-state index is 6.17. The maximum absolute atomic E-state index is 6.17. The van der Waals surface area contributed by atoms with Gasteiger partial charge in [-0.3, -0.25) is 0 Å². The van der Waals surface area contributed by atoms with E-state index in [-0.39, 0.29) is 0 Å². The van der Waals surface area contributed by atoms with Crippen LogP contribution < -0.4 is 15.3 Å². The molecule has 4 aromatic rings. The summed E-state index contributed by atoms with van der Waals surface area (Å²) < 4.78 is 17.5. The summed E-state index contributed by atoms with van der Waals surface area (Å²) in [7, 11) is 3.24. The second kappa shape index (κ2) is 8.18. The van der Waals surface area contributed by atoms with Crippen LogP contribution in [0.5, 0.6) is 11.5 Å². The molecule has 0 saturated carbocycles. The van der Waals surface area contributed by atoms with Crippen LogP contribution in [0.15, 0.2) is 45.5 Å². The number of furan rings is 1. The van der Waals surface area contributed by atoms with E-state index in [0.717, 1.165) is 27.6 Å². The molecule has 3 heterocycles. The highest BCUT2D eigenvalue weighted by Gasteiger charge is 2.16. The van der Waals surface area contributed by atoms with E-state index >= 15 is 0 Å². The van der Waals surface area contributed by atoms with Crippen LogP contribution >= 0.6 is 23.1 Å². The Morgan fingerprint density at radius 1 is 1.17 bits per heavy atom. The van der Waals surface area contributed by atoms with Gasteiger partial charge >= 0.3 is 0 Å². The van der Waals surface area contributed by atoms with Gasteiger partial charge in [-0.25, -0.2) is 9.66 Å². The van der Waals surface area contributed by atoms with Gasteiger partial charge in [-0.2, -0.15) is 0 Å². The van der Waals surface area contributed by atoms with Gasteiger partial charge in [-0.1, -0.05) is 11.8 Å². The summed E-state index contributed by atoms with van der Waals surface area (Å²) in [6, 6.07) is 7.59. The second-order valence-electron chi connectivity index (χ2n) is 6.07. The second-order valence-corrected chi connectivity index (χ2v) is 7.87. The Hall–Kier alpha value is -2.98. The fourth-order valence-corrected chi connectivity index (χ4v) is 4.46. The van der Waals surface area contributed by atoms with Crippen molar-refractivity contribution >= 4 is 23.1 Å². The number of nitrogens with zero attached hydrogens (tertiary/aromatic N) is 4. The summed E-state index contributed by atoms with van der Waals surface area (Å²) in [6.07, 6.45) is 1.61. The summed E-state index contributed by atoms with van der Waals surface area (Å²) in [5, 5.41) is 11.9. The molecule has 0 unspecified atom stereocenters. The quantitative estimate of drug-likeness (QED) is 0.348. The lowest BCUT2D eigenvalue weighted by molar-refractivity contribution is 0.355. The molecule has 0 spiro atoms. The SMILES string of the molecule is COc1ccc(-c2nc(CSc3nnc(-c4ccoc4C)n3N)cs2)cc1OC. The first kappa shape index (κ1) is 19.3. The fraction of sp³-hybridized carbons (Fsp3) is 0.211. The van der Waals surface area contributed by atoms with E-state index in [4.69, 9.17) is 24.7 Å². The monoisotopic (exact) mass is 429 g/mol. The number of rotatable bonds is 7. The molecule has 4 rings (SSSR count). The normalized spacial score (nSPS) is 11.0. The minimum Gasteiger partial charge on any atom is -0.493 e. The van der Waals surface area contributed by atoms with E-state index in [1.807, 2.05) is 36.6 Å². The van der Waals surface area contributed by atoms with E-state index in [0.29, 0.717) is 28.2 Å². The number of nitrogens with two attached hydrogens (primary N) is 1. The van der Waals surface area contributed by atoms with Crippen molar-refractivity contribution in [2.75, 3.05) is 20.1 Å². The molecule has 8 nitrogen and oxygen atoms in total. The molecule has 2 N–H and O–H groups in total. The Balaban J connectivity index is 1.48. The van der Waals surface area contributed by atoms with Gasteiger partial charge in [0.1, 0.15) is 10.8 Å². The summed E-state index contributed by atoms with van der Waals surface area (Å²) in [4.78, 5) is 4.72. The van der Waals surface area contributed by atoms with Crippen LogP contribution in [0.4, 0.5) is 0 Å². The number of hydrogen-bond acceptors (Lipinski definition) is 9. The number of methoxy groups -OCH3 is 2. The van der Waals surface area contributed by atoms with Crippen LogP contribution in [0.25, 0.3) is 22.0 Å². The number of hydrogen-bond donors (Lipinski definition) is 1. The van der Waals surface area contributed by atoms with E-state index in [9.17, 15) is 0 Å². The van der Waals surface area contributed by atoms with Crippen LogP contribution in [-0.2, 0) is 5.75 Å². The zero-order chi connectivity index (χ0) is 20.4. The van der Waals surface area contributed by atoms with Crippen molar-refractivity contribution in [3.8, 4) is 33.5 Å². The van der Waals surface area contributed by atoms with Crippen molar-refractivity contribution in [3.05, 3.63) is 47.4 Å². The zero-order valence-corrected chi connectivity index (χ0v) is 17.7. The van der Waals surface area contributed by atoms with Crippen molar-refractivity contribution in [3.63, 3.8) is 0 Å². The molecular formula is C19H19N5O3S2. The first-order valence-electron chi connectivity index (χ1n) is 8.65. The van der Waals surface area contributed by atoms with Crippen LogP contribution in [0, 0.1) is 6.92 Å². The van der Waals surface area contributed by atoms with Gasteiger partial charge in [0.15, 0.2) is 17.3 Å². The highest BCUT2D eigenvalue weighted by molar-refractivity contribution is 7.98. The molecule has 0 fully saturated rings. The Labute approximate surface area is 175 Å². The Morgan fingerprint density at radius 3 is 2.72 bits per heavy atom. The summed E-state index contributed by atoms with van der Waals surface area (Å²) >= 11 is 3.05. The third-order valence-corrected chi connectivity index (χ3v) is 6.21. The summed E-state index contributed by atoms with van der Waals surface area (Å²) in [5.41, 5.74) is 2.74. The first-order valence-corrected chi connectivity index (χ1v) is 10.5. The van der Waals surface area contributed by atoms with Gasteiger partial charge < -0.3 is 19.7 Å². The van der Waals surface area contributed by atoms with E-state index in [1.54, 1.807) is 31.8 Å². The molecule has 0 bridgehead atoms. The van der Waals surface area contributed by atoms with Crippen molar-refractivity contribution in [2.24, 2.45) is 0 Å². The molecular weight excluding hydrogens is 410 g/mol. The average molecular weight is 430 g/mol. The van der Waals surface area contributed by atoms with Gasteiger partial charge in [0, 0.05) is 16.7 Å². The van der Waals surface area contributed by atoms with Crippen LogP contribution in [-0.4, -0.2) is 34.1 Å². The van der Waals surface area contributed by atoms with Gasteiger partial charge in [0.2, 0.25) is 5.16 Å². The highest BCUT2D eigenvalue weighted by atomic mass is 32.2. The van der Waals surface area contributed by atoms with Crippen molar-refractivity contribution in [1.82, 2.24) is 19.9 Å². The highest BCUT2D eigenvalue weighted by Crippen LogP contribution is 2.34. The molecule has 1 aromatic carbocycles. The van der Waals surface area contributed by atoms with Crippen LogP contribution in [0.1, 0.15) is 11.5 Å². The minimum absolute atomic E-state index is 0.572. The molecule has 150 valence electrons. The predicted molar refractivity (Wildman–Crippen MR) is 113 cm³/mol. The topological polar surface area (TPSA) is 101 Å². The predicted octanol–water partition coefficient (Wildman–Crippen LogP) is 3.99. The molecule has 29 heavy (non-hydrogen) atoms. The van der Waals surface area contributed by atoms with E-state index < -0.39 is 0 Å². The zero-order valence-electron chi connectivity index (χ0n) is 16.1. The molecule has 0 aliphatic carbocycles. The average Bonchev–Trinajstić information content (AvgIpc) is 3.46. The number of thiazole rings is 1. The largest absolute Gasteiger partial charge is 0.493 e. The molecule has 0 amide bonds. The lowest BCUT2D eigenvalue weighted by atomic mass is 10.2. The van der Waals surface area contributed by atoms with Crippen LogP contribution in [0.2, 0.25) is 0 Å². The summed E-state index contributed by atoms with van der Waals surface area (Å²) in [6.45, 7) is 1.86. The van der Waals surface area contributed by atoms with Gasteiger partial charge in [0.05, 0.1) is 31.7 Å². The standard InChI is InChI=1S/C19H19N5O3S2/c1-11-14(6-7-27-11)17-22-23-19(24(17)20)29-10-13-9-28-18(21-13)12-4-5-15(25-2)16(8-12)26-3/h4-9H,10,20H2,1-3H3. The number of aromatic nitrogens is 4.